The molecule has 0 bridgehead atoms. The van der Waals surface area contributed by atoms with Crippen molar-refractivity contribution in [1.82, 2.24) is 0 Å². The van der Waals surface area contributed by atoms with E-state index < -0.39 is 12.1 Å². The van der Waals surface area contributed by atoms with Gasteiger partial charge in [0, 0.05) is 31.8 Å². The van der Waals surface area contributed by atoms with Crippen molar-refractivity contribution in [2.24, 2.45) is 0 Å². The Labute approximate surface area is 185 Å². The molecule has 1 atom stereocenters. The average Bonchev–Trinajstić information content (AvgIpc) is 2.76. The molecule has 0 saturated heterocycles. The van der Waals surface area contributed by atoms with Crippen molar-refractivity contribution in [3.05, 3.63) is 42.5 Å². The van der Waals surface area contributed by atoms with E-state index in [1.807, 2.05) is 37.3 Å². The molecule has 0 aliphatic heterocycles. The Morgan fingerprint density at radius 1 is 0.935 bits per heavy atom. The second-order valence-electron chi connectivity index (χ2n) is 7.09. The minimum atomic E-state index is -0.499. The molecule has 31 heavy (non-hydrogen) atoms. The van der Waals surface area contributed by atoms with Crippen LogP contribution in [0.25, 0.3) is 0 Å². The molecule has 1 aromatic rings. The molecular formula is C24H36O7. The fourth-order valence-electron chi connectivity index (χ4n) is 2.49. The zero-order chi connectivity index (χ0) is 22.7. The van der Waals surface area contributed by atoms with E-state index in [0.717, 1.165) is 19.4 Å². The number of ether oxygens (including phenoxy) is 5. The molecular weight excluding hydrogens is 400 g/mol. The van der Waals surface area contributed by atoms with Gasteiger partial charge in [-0.3, -0.25) is 4.79 Å². The molecule has 0 aromatic heterocycles. The number of rotatable bonds is 18. The highest BCUT2D eigenvalue weighted by atomic mass is 16.6. The molecule has 0 saturated carbocycles. The monoisotopic (exact) mass is 436 g/mol. The number of unbranched alkanes of at least 4 members (excludes halogenated alkanes) is 2. The fourth-order valence-corrected chi connectivity index (χ4v) is 2.49. The lowest BCUT2D eigenvalue weighted by Gasteiger charge is -2.19. The molecule has 0 radical (unpaired) electrons. The van der Waals surface area contributed by atoms with Crippen LogP contribution in [0.2, 0.25) is 0 Å². The van der Waals surface area contributed by atoms with Crippen molar-refractivity contribution in [2.45, 2.75) is 52.1 Å². The van der Waals surface area contributed by atoms with Gasteiger partial charge in [0.15, 0.2) is 6.10 Å². The van der Waals surface area contributed by atoms with E-state index in [1.165, 1.54) is 0 Å². The molecule has 0 aliphatic rings. The van der Waals surface area contributed by atoms with Gasteiger partial charge in [-0.15, -0.1) is 0 Å². The second kappa shape index (κ2) is 17.3. The number of hydrogen-bond acceptors (Lipinski definition) is 7. The van der Waals surface area contributed by atoms with Crippen molar-refractivity contribution >= 4 is 11.9 Å². The molecule has 0 N–H and O–H groups in total. The van der Waals surface area contributed by atoms with E-state index in [0.29, 0.717) is 37.4 Å². The van der Waals surface area contributed by atoms with Crippen LogP contribution in [0.3, 0.4) is 0 Å². The highest BCUT2D eigenvalue weighted by molar-refractivity contribution is 5.86. The van der Waals surface area contributed by atoms with Gasteiger partial charge in [-0.1, -0.05) is 24.8 Å². The van der Waals surface area contributed by atoms with Crippen molar-refractivity contribution < 1.29 is 33.3 Å². The Morgan fingerprint density at radius 2 is 1.61 bits per heavy atom. The summed E-state index contributed by atoms with van der Waals surface area (Å²) in [5.74, 6) is -0.0356. The summed E-state index contributed by atoms with van der Waals surface area (Å²) in [5, 5.41) is 0. The van der Waals surface area contributed by atoms with E-state index in [4.69, 9.17) is 23.7 Å². The van der Waals surface area contributed by atoms with Crippen LogP contribution in [0, 0.1) is 0 Å². The summed E-state index contributed by atoms with van der Waals surface area (Å²) in [5.41, 5.74) is 0.360. The predicted octanol–water partition coefficient (Wildman–Crippen LogP) is 4.10. The summed E-state index contributed by atoms with van der Waals surface area (Å²) in [6.07, 6.45) is 2.68. The summed E-state index contributed by atoms with van der Waals surface area (Å²) in [6.45, 7) is 9.83. The molecule has 1 unspecified atom stereocenters. The topological polar surface area (TPSA) is 80.3 Å². The van der Waals surface area contributed by atoms with Gasteiger partial charge in [0.25, 0.3) is 0 Å². The third kappa shape index (κ3) is 14.3. The molecule has 1 aromatic carbocycles. The Morgan fingerprint density at radius 3 is 2.29 bits per heavy atom. The minimum absolute atomic E-state index is 0.213. The van der Waals surface area contributed by atoms with Crippen molar-refractivity contribution in [3.63, 3.8) is 0 Å². The van der Waals surface area contributed by atoms with E-state index in [2.05, 4.69) is 6.58 Å². The van der Waals surface area contributed by atoms with Crippen LogP contribution in [0.5, 0.6) is 5.75 Å². The van der Waals surface area contributed by atoms with Crippen LogP contribution in [-0.2, 0) is 28.5 Å². The lowest BCUT2D eigenvalue weighted by atomic mass is 10.2. The molecule has 0 spiro atoms. The third-order valence-electron chi connectivity index (χ3n) is 4.17. The Hall–Kier alpha value is -2.38. The predicted molar refractivity (Wildman–Crippen MR) is 118 cm³/mol. The molecule has 7 heteroatoms. The quantitative estimate of drug-likeness (QED) is 0.195. The first-order chi connectivity index (χ1) is 15.0. The average molecular weight is 437 g/mol. The van der Waals surface area contributed by atoms with E-state index in [9.17, 15) is 9.59 Å². The molecule has 0 aliphatic carbocycles. The number of carbonyl (C=O) groups excluding carboxylic acids is 2. The maximum absolute atomic E-state index is 12.2. The zero-order valence-corrected chi connectivity index (χ0v) is 18.8. The Bertz CT molecular complexity index is 630. The summed E-state index contributed by atoms with van der Waals surface area (Å²) in [4.78, 5) is 23.5. The minimum Gasteiger partial charge on any atom is -0.490 e. The van der Waals surface area contributed by atoms with Crippen molar-refractivity contribution in [3.8, 4) is 5.75 Å². The standard InChI is InChI=1S/C24H36O7/c1-4-27-15-10-11-16-28-18-22(19-30-21-12-6-5-7-13-21)31-23(25)14-8-9-17-29-24(26)20(2)3/h5-7,12-13,22H,2,4,8-11,14-19H2,1,3H3. The molecule has 0 fully saturated rings. The maximum Gasteiger partial charge on any atom is 0.333 e. The van der Waals surface area contributed by atoms with E-state index >= 15 is 0 Å². The number of carbonyl (C=O) groups is 2. The molecule has 0 amide bonds. The summed E-state index contributed by atoms with van der Waals surface area (Å²) in [6, 6.07) is 9.36. The van der Waals surface area contributed by atoms with Crippen molar-refractivity contribution in [2.75, 3.05) is 39.6 Å². The first-order valence-corrected chi connectivity index (χ1v) is 10.9. The maximum atomic E-state index is 12.2. The van der Waals surface area contributed by atoms with Crippen LogP contribution >= 0.6 is 0 Å². The lowest BCUT2D eigenvalue weighted by Crippen LogP contribution is -2.30. The van der Waals surface area contributed by atoms with Gasteiger partial charge >= 0.3 is 11.9 Å². The van der Waals surface area contributed by atoms with Crippen LogP contribution in [0.1, 0.15) is 46.0 Å². The molecule has 1 rings (SSSR count). The fraction of sp³-hybridized carbons (Fsp3) is 0.583. The number of benzene rings is 1. The summed E-state index contributed by atoms with van der Waals surface area (Å²) < 4.78 is 27.3. The second-order valence-corrected chi connectivity index (χ2v) is 7.09. The van der Waals surface area contributed by atoms with Gasteiger partial charge in [0.1, 0.15) is 12.4 Å². The normalized spacial score (nSPS) is 11.5. The SMILES string of the molecule is C=C(C)C(=O)OCCCCC(=O)OC(COCCCCOCC)COc1ccccc1. The summed E-state index contributed by atoms with van der Waals surface area (Å²) >= 11 is 0. The number of esters is 2. The van der Waals surface area contributed by atoms with Gasteiger partial charge in [0.05, 0.1) is 13.2 Å². The lowest BCUT2D eigenvalue weighted by molar-refractivity contribution is -0.154. The van der Waals surface area contributed by atoms with E-state index in [1.54, 1.807) is 6.92 Å². The third-order valence-corrected chi connectivity index (χ3v) is 4.17. The highest BCUT2D eigenvalue weighted by Crippen LogP contribution is 2.11. The Balaban J connectivity index is 2.33. The zero-order valence-electron chi connectivity index (χ0n) is 18.8. The highest BCUT2D eigenvalue weighted by Gasteiger charge is 2.16. The molecule has 174 valence electrons. The van der Waals surface area contributed by atoms with E-state index in [-0.39, 0.29) is 32.2 Å². The van der Waals surface area contributed by atoms with Gasteiger partial charge in [-0.05, 0) is 51.7 Å². The number of hydrogen-bond donors (Lipinski definition) is 0. The first kappa shape index (κ1) is 26.7. The molecule has 7 nitrogen and oxygen atoms in total. The smallest absolute Gasteiger partial charge is 0.333 e. The van der Waals surface area contributed by atoms with Gasteiger partial charge in [-0.25, -0.2) is 4.79 Å². The van der Waals surface area contributed by atoms with Crippen LogP contribution in [0.15, 0.2) is 42.5 Å². The van der Waals surface area contributed by atoms with Gasteiger partial charge in [0.2, 0.25) is 0 Å². The van der Waals surface area contributed by atoms with Crippen LogP contribution in [-0.4, -0.2) is 57.7 Å². The Kier molecular flexibility index (Phi) is 14.9. The van der Waals surface area contributed by atoms with Crippen molar-refractivity contribution in [1.29, 1.82) is 0 Å². The van der Waals surface area contributed by atoms with Gasteiger partial charge < -0.3 is 23.7 Å². The largest absolute Gasteiger partial charge is 0.490 e. The summed E-state index contributed by atoms with van der Waals surface area (Å²) in [7, 11) is 0. The van der Waals surface area contributed by atoms with Gasteiger partial charge in [-0.2, -0.15) is 0 Å². The molecule has 0 heterocycles. The van der Waals surface area contributed by atoms with Crippen LogP contribution in [0.4, 0.5) is 0 Å². The first-order valence-electron chi connectivity index (χ1n) is 10.9. The van der Waals surface area contributed by atoms with Crippen LogP contribution < -0.4 is 4.74 Å². The number of para-hydroxylation sites is 1.